The molecular weight excluding hydrogens is 350 g/mol. The molecule has 150 valence electrons. The van der Waals surface area contributed by atoms with Crippen molar-refractivity contribution < 1.29 is 9.21 Å². The first kappa shape index (κ1) is 20.2. The van der Waals surface area contributed by atoms with Gasteiger partial charge in [0.15, 0.2) is 0 Å². The molecule has 0 fully saturated rings. The Bertz CT molecular complexity index is 968. The molecule has 1 aromatic carbocycles. The van der Waals surface area contributed by atoms with Crippen LogP contribution in [0.2, 0.25) is 0 Å². The van der Waals surface area contributed by atoms with Gasteiger partial charge in [-0.1, -0.05) is 31.5 Å². The van der Waals surface area contributed by atoms with Gasteiger partial charge in [0.05, 0.1) is 5.69 Å². The van der Waals surface area contributed by atoms with Crippen LogP contribution in [-0.2, 0) is 31.2 Å². The van der Waals surface area contributed by atoms with Gasteiger partial charge in [0.1, 0.15) is 11.3 Å². The Morgan fingerprint density at radius 1 is 1.18 bits per heavy atom. The van der Waals surface area contributed by atoms with Gasteiger partial charge in [0.25, 0.3) is 0 Å². The molecule has 0 aliphatic carbocycles. The lowest BCUT2D eigenvalue weighted by molar-refractivity contribution is -0.130. The van der Waals surface area contributed by atoms with Crippen LogP contribution in [0.1, 0.15) is 54.5 Å². The molecule has 3 rings (SSSR count). The van der Waals surface area contributed by atoms with Crippen LogP contribution in [0.4, 0.5) is 0 Å². The maximum Gasteiger partial charge on any atom is 0.222 e. The summed E-state index contributed by atoms with van der Waals surface area (Å²) in [6.07, 6.45) is 4.34. The first-order valence-corrected chi connectivity index (χ1v) is 10.1. The molecular formula is C23H31N3O2. The Kier molecular flexibility index (Phi) is 6.22. The van der Waals surface area contributed by atoms with E-state index in [-0.39, 0.29) is 5.91 Å². The highest BCUT2D eigenvalue weighted by atomic mass is 16.3. The monoisotopic (exact) mass is 381 g/mol. The summed E-state index contributed by atoms with van der Waals surface area (Å²) in [5, 5.41) is 5.57. The molecule has 2 heterocycles. The molecule has 28 heavy (non-hydrogen) atoms. The highest BCUT2D eigenvalue weighted by Gasteiger charge is 2.19. The number of benzene rings is 1. The predicted molar refractivity (Wildman–Crippen MR) is 112 cm³/mol. The molecule has 0 saturated carbocycles. The fraction of sp³-hybridized carbons (Fsp3) is 0.478. The van der Waals surface area contributed by atoms with Crippen LogP contribution in [0.15, 0.2) is 28.7 Å². The third kappa shape index (κ3) is 4.13. The van der Waals surface area contributed by atoms with Crippen molar-refractivity contribution in [1.82, 2.24) is 14.7 Å². The highest BCUT2D eigenvalue weighted by molar-refractivity contribution is 5.83. The second kappa shape index (κ2) is 8.63. The van der Waals surface area contributed by atoms with Gasteiger partial charge < -0.3 is 9.32 Å². The Labute approximate surface area is 167 Å². The predicted octanol–water partition coefficient (Wildman–Crippen LogP) is 4.72. The Morgan fingerprint density at radius 2 is 1.93 bits per heavy atom. The summed E-state index contributed by atoms with van der Waals surface area (Å²) in [5.74, 6) is 1.16. The number of para-hydroxylation sites is 1. The fourth-order valence-electron chi connectivity index (χ4n) is 3.79. The maximum atomic E-state index is 12.8. The summed E-state index contributed by atoms with van der Waals surface area (Å²) in [4.78, 5) is 14.6. The van der Waals surface area contributed by atoms with Gasteiger partial charge in [-0.2, -0.15) is 5.10 Å². The standard InChI is InChI=1S/C23H31N3O2/c1-6-7-11-22-20(19-10-8-9-12-21(19)28-22)15-25(4)23(27)14-13-18-16(2)24-26(5)17(18)3/h8-10,12H,6-7,11,13-15H2,1-5H3. The minimum atomic E-state index is 0.148. The van der Waals surface area contributed by atoms with E-state index < -0.39 is 0 Å². The van der Waals surface area contributed by atoms with Crippen molar-refractivity contribution >= 4 is 16.9 Å². The molecule has 0 radical (unpaired) electrons. The number of furan rings is 1. The van der Waals surface area contributed by atoms with Crippen molar-refractivity contribution in [2.24, 2.45) is 7.05 Å². The number of aryl methyl sites for hydroxylation is 3. The summed E-state index contributed by atoms with van der Waals surface area (Å²) in [6, 6.07) is 8.11. The average Bonchev–Trinajstić information content (AvgIpc) is 3.14. The second-order valence-electron chi connectivity index (χ2n) is 7.63. The first-order valence-electron chi connectivity index (χ1n) is 10.1. The van der Waals surface area contributed by atoms with E-state index in [1.54, 1.807) is 0 Å². The van der Waals surface area contributed by atoms with Gasteiger partial charge in [-0.3, -0.25) is 9.48 Å². The zero-order valence-electron chi connectivity index (χ0n) is 17.7. The molecule has 0 aliphatic rings. The van der Waals surface area contributed by atoms with Crippen molar-refractivity contribution in [3.8, 4) is 0 Å². The van der Waals surface area contributed by atoms with Gasteiger partial charge in [0, 0.05) is 50.1 Å². The van der Waals surface area contributed by atoms with Crippen LogP contribution in [0.3, 0.4) is 0 Å². The third-order valence-corrected chi connectivity index (χ3v) is 5.61. The van der Waals surface area contributed by atoms with Crippen molar-refractivity contribution in [2.75, 3.05) is 7.05 Å². The van der Waals surface area contributed by atoms with Crippen molar-refractivity contribution in [2.45, 2.75) is 59.4 Å². The van der Waals surface area contributed by atoms with E-state index in [0.29, 0.717) is 13.0 Å². The lowest BCUT2D eigenvalue weighted by atomic mass is 10.1. The zero-order valence-corrected chi connectivity index (χ0v) is 17.7. The molecule has 3 aromatic rings. The van der Waals surface area contributed by atoms with E-state index >= 15 is 0 Å². The van der Waals surface area contributed by atoms with E-state index in [9.17, 15) is 4.79 Å². The minimum Gasteiger partial charge on any atom is -0.461 e. The lowest BCUT2D eigenvalue weighted by Gasteiger charge is -2.18. The zero-order chi connectivity index (χ0) is 20.3. The molecule has 5 heteroatoms. The van der Waals surface area contributed by atoms with Crippen LogP contribution in [0.25, 0.3) is 11.0 Å². The first-order chi connectivity index (χ1) is 13.4. The number of hydrogen-bond acceptors (Lipinski definition) is 3. The molecule has 0 atom stereocenters. The number of aromatic nitrogens is 2. The summed E-state index contributed by atoms with van der Waals surface area (Å²) in [6.45, 7) is 6.83. The van der Waals surface area contributed by atoms with Crippen LogP contribution in [0, 0.1) is 13.8 Å². The van der Waals surface area contributed by atoms with E-state index in [1.165, 1.54) is 5.56 Å². The molecule has 0 N–H and O–H groups in total. The number of hydrogen-bond donors (Lipinski definition) is 0. The van der Waals surface area contributed by atoms with Crippen molar-refractivity contribution in [3.63, 3.8) is 0 Å². The summed E-state index contributed by atoms with van der Waals surface area (Å²) in [7, 11) is 3.83. The topological polar surface area (TPSA) is 51.3 Å². The molecule has 0 spiro atoms. The fourth-order valence-corrected chi connectivity index (χ4v) is 3.79. The van der Waals surface area contributed by atoms with Crippen LogP contribution >= 0.6 is 0 Å². The number of amides is 1. The van der Waals surface area contributed by atoms with Crippen LogP contribution < -0.4 is 0 Å². The van der Waals surface area contributed by atoms with E-state index in [2.05, 4.69) is 25.0 Å². The Hall–Kier alpha value is -2.56. The smallest absolute Gasteiger partial charge is 0.222 e. The highest BCUT2D eigenvalue weighted by Crippen LogP contribution is 2.28. The van der Waals surface area contributed by atoms with Gasteiger partial charge in [0.2, 0.25) is 5.91 Å². The second-order valence-corrected chi connectivity index (χ2v) is 7.63. The largest absolute Gasteiger partial charge is 0.461 e. The Balaban J connectivity index is 1.73. The summed E-state index contributed by atoms with van der Waals surface area (Å²) in [5.41, 5.74) is 5.38. The summed E-state index contributed by atoms with van der Waals surface area (Å²) < 4.78 is 7.98. The SMILES string of the molecule is CCCCc1oc2ccccc2c1CN(C)C(=O)CCc1c(C)nn(C)c1C. The van der Waals surface area contributed by atoms with Gasteiger partial charge in [-0.15, -0.1) is 0 Å². The molecule has 5 nitrogen and oxygen atoms in total. The molecule has 0 bridgehead atoms. The molecule has 0 aliphatic heterocycles. The van der Waals surface area contributed by atoms with Crippen LogP contribution in [0.5, 0.6) is 0 Å². The number of rotatable bonds is 8. The number of carbonyl (C=O) groups excluding carboxylic acids is 1. The normalized spacial score (nSPS) is 11.3. The number of nitrogens with zero attached hydrogens (tertiary/aromatic N) is 3. The molecule has 1 amide bonds. The van der Waals surface area contributed by atoms with E-state index in [4.69, 9.17) is 4.42 Å². The van der Waals surface area contributed by atoms with E-state index in [1.807, 2.05) is 48.8 Å². The third-order valence-electron chi connectivity index (χ3n) is 5.61. The maximum absolute atomic E-state index is 12.8. The average molecular weight is 382 g/mol. The van der Waals surface area contributed by atoms with Gasteiger partial charge in [-0.05, 0) is 38.3 Å². The van der Waals surface area contributed by atoms with Crippen molar-refractivity contribution in [3.05, 3.63) is 52.5 Å². The number of fused-ring (bicyclic) bond motifs is 1. The lowest BCUT2D eigenvalue weighted by Crippen LogP contribution is -2.26. The number of unbranched alkanes of at least 4 members (excludes halogenated alkanes) is 1. The van der Waals surface area contributed by atoms with Crippen LogP contribution in [-0.4, -0.2) is 27.6 Å². The van der Waals surface area contributed by atoms with E-state index in [0.717, 1.165) is 59.4 Å². The quantitative estimate of drug-likeness (QED) is 0.567. The molecule has 0 unspecified atom stereocenters. The molecule has 2 aromatic heterocycles. The summed E-state index contributed by atoms with van der Waals surface area (Å²) >= 11 is 0. The van der Waals surface area contributed by atoms with Gasteiger partial charge >= 0.3 is 0 Å². The van der Waals surface area contributed by atoms with Gasteiger partial charge in [-0.25, -0.2) is 0 Å². The van der Waals surface area contributed by atoms with Crippen molar-refractivity contribution in [1.29, 1.82) is 0 Å². The minimum absolute atomic E-state index is 0.148. The Morgan fingerprint density at radius 3 is 2.61 bits per heavy atom. The molecule has 0 saturated heterocycles. The number of carbonyl (C=O) groups is 1.